The first-order valence-corrected chi connectivity index (χ1v) is 4.63. The summed E-state index contributed by atoms with van der Waals surface area (Å²) in [4.78, 5) is 1.08. The van der Waals surface area contributed by atoms with Gasteiger partial charge in [-0.2, -0.15) is 8.42 Å². The zero-order valence-electron chi connectivity index (χ0n) is 6.14. The molecule has 0 aliphatic carbocycles. The Balaban J connectivity index is 0. The van der Waals surface area contributed by atoms with Crippen LogP contribution in [0.2, 0.25) is 0 Å². The van der Waals surface area contributed by atoms with Gasteiger partial charge in [0.2, 0.25) is 0 Å². The van der Waals surface area contributed by atoms with E-state index in [-0.39, 0.29) is 55.7 Å². The van der Waals surface area contributed by atoms with E-state index in [2.05, 4.69) is 24.8 Å². The smallest absolute Gasteiger partial charge is 0.411 e. The zero-order valence-corrected chi connectivity index (χ0v) is 11.7. The topological polar surface area (TPSA) is 57.6 Å². The van der Waals surface area contributed by atoms with Crippen molar-refractivity contribution in [2.45, 2.75) is 0 Å². The van der Waals surface area contributed by atoms with Gasteiger partial charge in [0, 0.05) is 7.05 Å². The molecule has 0 amide bonds. The van der Waals surface area contributed by atoms with E-state index in [0.29, 0.717) is 0 Å². The van der Waals surface area contributed by atoms with Crippen LogP contribution in [0.4, 0.5) is 0 Å². The molecule has 0 radical (unpaired) electrons. The number of hydrogen-bond donors (Lipinski definition) is 1. The molecule has 0 bridgehead atoms. The molecule has 0 aliphatic heterocycles. The Hall–Kier alpha value is 1.66. The summed E-state index contributed by atoms with van der Waals surface area (Å²) in [5, 5.41) is 0. The molecule has 0 aliphatic rings. The molecule has 0 aromatic carbocycles. The van der Waals surface area contributed by atoms with E-state index in [1.54, 1.807) is 0 Å². The summed E-state index contributed by atoms with van der Waals surface area (Å²) >= 11 is 8.90. The Kier molecular flexibility index (Phi) is 8.48. The summed E-state index contributed by atoms with van der Waals surface area (Å²) in [5.41, 5.74) is 0. The minimum absolute atomic E-state index is 0. The number of thiocarbonyl (C=S) groups is 1. The van der Waals surface area contributed by atoms with Gasteiger partial charge in [0.25, 0.3) is 10.1 Å². The van der Waals surface area contributed by atoms with Gasteiger partial charge in [0.15, 0.2) is 0 Å². The van der Waals surface area contributed by atoms with Crippen LogP contribution in [-0.2, 0) is 22.7 Å². The second-order valence-electron chi connectivity index (χ2n) is 1.67. The molecular weight excluding hydrogens is 233 g/mol. The molecule has 11 heavy (non-hydrogen) atoms. The average Bonchev–Trinajstić information content (AvgIpc) is 1.60. The van der Waals surface area contributed by atoms with E-state index in [0.717, 1.165) is 4.90 Å². The fourth-order valence-electron chi connectivity index (χ4n) is 0.297. The molecule has 0 saturated heterocycles. The number of rotatable bonds is 2. The molecule has 4 nitrogen and oxygen atoms in total. The van der Waals surface area contributed by atoms with E-state index >= 15 is 0 Å². The Morgan fingerprint density at radius 3 is 2.18 bits per heavy atom. The normalized spacial score (nSPS) is 10.0. The maximum atomic E-state index is 10.2. The van der Waals surface area contributed by atoms with Crippen molar-refractivity contribution >= 4 is 39.3 Å². The summed E-state index contributed by atoms with van der Waals surface area (Å²) in [6.07, 6.45) is 0. The minimum Gasteiger partial charge on any atom is -0.411 e. The molecule has 8 heteroatoms. The molecule has 1 N–H and O–H groups in total. The molecule has 0 rings (SSSR count). The summed E-state index contributed by atoms with van der Waals surface area (Å²) in [7, 11) is -2.60. The molecule has 0 atom stereocenters. The van der Waals surface area contributed by atoms with Crippen molar-refractivity contribution in [2.75, 3.05) is 12.9 Å². The standard InChI is InChI=1S/C3H7NO3S3.K/c1-4(3(8)9)2-10(5,6)7;/h2H2,1H3,(H,8,9)(H,5,6,7);/q;+1/p-1. The monoisotopic (exact) mass is 239 g/mol. The van der Waals surface area contributed by atoms with Crippen LogP contribution in [0.25, 0.3) is 0 Å². The molecular formula is C3H6KNO3S3. The van der Waals surface area contributed by atoms with Crippen molar-refractivity contribution in [3.05, 3.63) is 0 Å². The van der Waals surface area contributed by atoms with Crippen molar-refractivity contribution in [1.82, 2.24) is 4.90 Å². The van der Waals surface area contributed by atoms with Crippen molar-refractivity contribution < 1.29 is 64.4 Å². The minimum atomic E-state index is -4.00. The van der Waals surface area contributed by atoms with Crippen molar-refractivity contribution in [3.8, 4) is 0 Å². The van der Waals surface area contributed by atoms with E-state index in [1.807, 2.05) is 0 Å². The van der Waals surface area contributed by atoms with Gasteiger partial charge in [0.05, 0.1) is 0 Å². The van der Waals surface area contributed by atoms with Crippen LogP contribution in [0.5, 0.6) is 0 Å². The zero-order chi connectivity index (χ0) is 8.36. The summed E-state index contributed by atoms with van der Waals surface area (Å²) < 4.78 is 28.6. The summed E-state index contributed by atoms with van der Waals surface area (Å²) in [6, 6.07) is 0. The number of hydrogen-bond acceptors (Lipinski definition) is 4. The third kappa shape index (κ3) is 9.57. The van der Waals surface area contributed by atoms with E-state index in [4.69, 9.17) is 4.55 Å². The van der Waals surface area contributed by atoms with Gasteiger partial charge < -0.3 is 29.7 Å². The van der Waals surface area contributed by atoms with Gasteiger partial charge in [-0.25, -0.2) is 0 Å². The Morgan fingerprint density at radius 2 is 2.09 bits per heavy atom. The Bertz CT molecular complexity index is 226. The van der Waals surface area contributed by atoms with E-state index < -0.39 is 16.0 Å². The van der Waals surface area contributed by atoms with Crippen LogP contribution in [0.1, 0.15) is 0 Å². The van der Waals surface area contributed by atoms with Crippen LogP contribution in [0.3, 0.4) is 0 Å². The third-order valence-electron chi connectivity index (χ3n) is 0.668. The fourth-order valence-corrected chi connectivity index (χ4v) is 1.21. The van der Waals surface area contributed by atoms with Crippen LogP contribution in [0.15, 0.2) is 0 Å². The molecule has 60 valence electrons. The Morgan fingerprint density at radius 1 is 1.73 bits per heavy atom. The maximum absolute atomic E-state index is 10.2. The van der Waals surface area contributed by atoms with Crippen LogP contribution >= 0.6 is 12.2 Å². The van der Waals surface area contributed by atoms with E-state index in [1.165, 1.54) is 7.05 Å². The maximum Gasteiger partial charge on any atom is 1.00 e. The molecule has 0 spiro atoms. The molecule has 0 heterocycles. The first-order chi connectivity index (χ1) is 4.33. The molecule has 0 aromatic rings. The quantitative estimate of drug-likeness (QED) is 0.235. The van der Waals surface area contributed by atoms with Gasteiger partial charge in [0.1, 0.15) is 5.88 Å². The van der Waals surface area contributed by atoms with Crippen molar-refractivity contribution in [3.63, 3.8) is 0 Å². The average molecular weight is 239 g/mol. The van der Waals surface area contributed by atoms with E-state index in [9.17, 15) is 8.42 Å². The van der Waals surface area contributed by atoms with Gasteiger partial charge >= 0.3 is 51.4 Å². The summed E-state index contributed by atoms with van der Waals surface area (Å²) in [6.45, 7) is 0. The number of nitrogens with zero attached hydrogens (tertiary/aromatic N) is 1. The van der Waals surface area contributed by atoms with Crippen LogP contribution in [0, 0.1) is 0 Å². The van der Waals surface area contributed by atoms with Gasteiger partial charge in [-0.1, -0.05) is 4.32 Å². The van der Waals surface area contributed by atoms with Gasteiger partial charge in [-0.15, -0.1) is 0 Å². The van der Waals surface area contributed by atoms with Crippen LogP contribution < -0.4 is 51.4 Å². The first kappa shape index (κ1) is 15.1. The fraction of sp³-hybridized carbons (Fsp3) is 0.667. The second-order valence-corrected chi connectivity index (χ2v) is 4.13. The second kappa shape index (κ2) is 6.16. The predicted octanol–water partition coefficient (Wildman–Crippen LogP) is -3.40. The third-order valence-corrected chi connectivity index (χ3v) is 2.01. The van der Waals surface area contributed by atoms with Crippen LogP contribution in [-0.4, -0.2) is 35.1 Å². The van der Waals surface area contributed by atoms with Crippen molar-refractivity contribution in [2.24, 2.45) is 0 Å². The Labute approximate surface area is 119 Å². The summed E-state index contributed by atoms with van der Waals surface area (Å²) in [5.74, 6) is -0.546. The van der Waals surface area contributed by atoms with Gasteiger partial charge in [-0.05, 0) is 0 Å². The molecule has 0 aromatic heterocycles. The predicted molar refractivity (Wildman–Crippen MR) is 44.1 cm³/mol. The molecule has 0 fully saturated rings. The SMILES string of the molecule is CN(CS(=O)(=O)O)C(=S)[S-].[K+]. The molecule has 0 saturated carbocycles. The first-order valence-electron chi connectivity index (χ1n) is 2.20. The van der Waals surface area contributed by atoms with Gasteiger partial charge in [-0.3, -0.25) is 4.55 Å². The molecule has 0 unspecified atom stereocenters. The largest absolute Gasteiger partial charge is 1.00 e. The van der Waals surface area contributed by atoms with Crippen molar-refractivity contribution in [1.29, 1.82) is 0 Å².